The summed E-state index contributed by atoms with van der Waals surface area (Å²) in [6, 6.07) is 8.23. The van der Waals surface area contributed by atoms with Crippen molar-refractivity contribution in [3.05, 3.63) is 45.4 Å². The molecule has 24 heavy (non-hydrogen) atoms. The molecule has 2 heterocycles. The standard InChI is InChI=1S/C18H22ClN3OS/c1-11-9-14(7-8-20-11)17(23)22-18-21-12(2)16(24-18)10-13-5-3-4-6-15(13)19/h3-6,11,14,20H,7-10H2,1-2H3,(H,21,22,23)/t11-,14-/m0/s1. The van der Waals surface area contributed by atoms with Gasteiger partial charge >= 0.3 is 0 Å². The molecule has 2 aromatic rings. The summed E-state index contributed by atoms with van der Waals surface area (Å²) < 4.78 is 0. The molecule has 0 saturated carbocycles. The molecule has 2 atom stereocenters. The van der Waals surface area contributed by atoms with E-state index in [9.17, 15) is 4.79 Å². The van der Waals surface area contributed by atoms with Gasteiger partial charge in [-0.2, -0.15) is 0 Å². The van der Waals surface area contributed by atoms with E-state index in [1.807, 2.05) is 31.2 Å². The van der Waals surface area contributed by atoms with E-state index in [0.29, 0.717) is 11.2 Å². The van der Waals surface area contributed by atoms with E-state index < -0.39 is 0 Å². The lowest BCUT2D eigenvalue weighted by Gasteiger charge is -2.26. The van der Waals surface area contributed by atoms with Crippen LogP contribution >= 0.6 is 22.9 Å². The SMILES string of the molecule is Cc1nc(NC(=O)[C@H]2CCN[C@@H](C)C2)sc1Cc1ccccc1Cl. The van der Waals surface area contributed by atoms with Crippen molar-refractivity contribution < 1.29 is 4.79 Å². The molecule has 1 fully saturated rings. The number of piperidine rings is 1. The molecule has 1 aliphatic rings. The smallest absolute Gasteiger partial charge is 0.229 e. The second-order valence-electron chi connectivity index (χ2n) is 6.36. The molecule has 0 unspecified atom stereocenters. The third-order valence-corrected chi connectivity index (χ3v) is 5.87. The normalized spacial score (nSPS) is 20.8. The third-order valence-electron chi connectivity index (χ3n) is 4.43. The quantitative estimate of drug-likeness (QED) is 0.862. The highest BCUT2D eigenvalue weighted by molar-refractivity contribution is 7.15. The number of carbonyl (C=O) groups is 1. The number of rotatable bonds is 4. The van der Waals surface area contributed by atoms with Crippen molar-refractivity contribution in [3.63, 3.8) is 0 Å². The lowest BCUT2D eigenvalue weighted by molar-refractivity contribution is -0.120. The zero-order chi connectivity index (χ0) is 17.1. The molecule has 3 rings (SSSR count). The molecule has 128 valence electrons. The fraction of sp³-hybridized carbons (Fsp3) is 0.444. The fourth-order valence-electron chi connectivity index (χ4n) is 3.04. The number of nitrogens with zero attached hydrogens (tertiary/aromatic N) is 1. The van der Waals surface area contributed by atoms with Crippen LogP contribution in [0.5, 0.6) is 0 Å². The number of hydrogen-bond donors (Lipinski definition) is 2. The highest BCUT2D eigenvalue weighted by atomic mass is 35.5. The average molecular weight is 364 g/mol. The number of hydrogen-bond acceptors (Lipinski definition) is 4. The van der Waals surface area contributed by atoms with Crippen molar-refractivity contribution in [2.24, 2.45) is 5.92 Å². The van der Waals surface area contributed by atoms with Crippen molar-refractivity contribution in [1.82, 2.24) is 10.3 Å². The molecule has 0 spiro atoms. The van der Waals surface area contributed by atoms with Crippen LogP contribution in [0.15, 0.2) is 24.3 Å². The molecule has 4 nitrogen and oxygen atoms in total. The summed E-state index contributed by atoms with van der Waals surface area (Å²) >= 11 is 7.78. The zero-order valence-corrected chi connectivity index (χ0v) is 15.5. The molecule has 0 radical (unpaired) electrons. The third kappa shape index (κ3) is 4.15. The Kier molecular flexibility index (Phi) is 5.54. The Labute approximate surface area is 151 Å². The largest absolute Gasteiger partial charge is 0.314 e. The zero-order valence-electron chi connectivity index (χ0n) is 13.9. The van der Waals surface area contributed by atoms with Gasteiger partial charge in [-0.3, -0.25) is 4.79 Å². The van der Waals surface area contributed by atoms with Gasteiger partial charge in [-0.1, -0.05) is 29.8 Å². The minimum absolute atomic E-state index is 0.0671. The topological polar surface area (TPSA) is 54.0 Å². The monoisotopic (exact) mass is 363 g/mol. The highest BCUT2D eigenvalue weighted by Crippen LogP contribution is 2.28. The molecule has 1 saturated heterocycles. The molecule has 1 amide bonds. The Balaban J connectivity index is 1.67. The van der Waals surface area contributed by atoms with Gasteiger partial charge in [0.15, 0.2) is 5.13 Å². The molecule has 1 aromatic heterocycles. The number of halogens is 1. The number of nitrogens with one attached hydrogen (secondary N) is 2. The van der Waals surface area contributed by atoms with Crippen LogP contribution in [0.1, 0.15) is 35.9 Å². The Morgan fingerprint density at radius 3 is 3.00 bits per heavy atom. The Bertz CT molecular complexity index is 731. The number of thiazole rings is 1. The highest BCUT2D eigenvalue weighted by Gasteiger charge is 2.25. The van der Waals surface area contributed by atoms with E-state index in [1.165, 1.54) is 11.3 Å². The summed E-state index contributed by atoms with van der Waals surface area (Å²) in [5, 5.41) is 7.82. The van der Waals surface area contributed by atoms with Crippen molar-refractivity contribution in [1.29, 1.82) is 0 Å². The molecule has 0 bridgehead atoms. The summed E-state index contributed by atoms with van der Waals surface area (Å²) in [6.45, 7) is 4.99. The fourth-order valence-corrected chi connectivity index (χ4v) is 4.23. The average Bonchev–Trinajstić information content (AvgIpc) is 2.89. The second kappa shape index (κ2) is 7.64. The van der Waals surface area contributed by atoms with Crippen LogP contribution in [0.4, 0.5) is 5.13 Å². The van der Waals surface area contributed by atoms with Crippen LogP contribution in [0.25, 0.3) is 0 Å². The number of amides is 1. The molecular weight excluding hydrogens is 342 g/mol. The molecular formula is C18H22ClN3OS. The van der Waals surface area contributed by atoms with Crippen LogP contribution in [-0.2, 0) is 11.2 Å². The van der Waals surface area contributed by atoms with Gasteiger partial charge in [0.2, 0.25) is 5.91 Å². The predicted octanol–water partition coefficient (Wildman–Crippen LogP) is 4.02. The summed E-state index contributed by atoms with van der Waals surface area (Å²) in [4.78, 5) is 18.1. The van der Waals surface area contributed by atoms with E-state index >= 15 is 0 Å². The van der Waals surface area contributed by atoms with E-state index in [4.69, 9.17) is 11.6 Å². The van der Waals surface area contributed by atoms with Gasteiger partial charge < -0.3 is 10.6 Å². The van der Waals surface area contributed by atoms with Crippen molar-refractivity contribution in [3.8, 4) is 0 Å². The van der Waals surface area contributed by atoms with Gasteiger partial charge in [0.05, 0.1) is 5.69 Å². The Morgan fingerprint density at radius 2 is 2.25 bits per heavy atom. The van der Waals surface area contributed by atoms with E-state index in [2.05, 4.69) is 22.5 Å². The van der Waals surface area contributed by atoms with Gasteiger partial charge in [-0.15, -0.1) is 11.3 Å². The van der Waals surface area contributed by atoms with Crippen LogP contribution in [0, 0.1) is 12.8 Å². The number of benzene rings is 1. The van der Waals surface area contributed by atoms with Crippen LogP contribution in [0.2, 0.25) is 5.02 Å². The van der Waals surface area contributed by atoms with Crippen molar-refractivity contribution >= 4 is 34.0 Å². The summed E-state index contributed by atoms with van der Waals surface area (Å²) in [5.74, 6) is 0.152. The number of aryl methyl sites for hydroxylation is 1. The van der Waals surface area contributed by atoms with Gasteiger partial charge in [-0.25, -0.2) is 4.98 Å². The first-order valence-corrected chi connectivity index (χ1v) is 9.46. The summed E-state index contributed by atoms with van der Waals surface area (Å²) in [5.41, 5.74) is 2.03. The predicted molar refractivity (Wildman–Crippen MR) is 99.9 cm³/mol. The van der Waals surface area contributed by atoms with Gasteiger partial charge in [0, 0.05) is 28.3 Å². The maximum Gasteiger partial charge on any atom is 0.229 e. The van der Waals surface area contributed by atoms with Crippen molar-refractivity contribution in [2.75, 3.05) is 11.9 Å². The van der Waals surface area contributed by atoms with Gasteiger partial charge in [0.25, 0.3) is 0 Å². The van der Waals surface area contributed by atoms with E-state index in [1.54, 1.807) is 0 Å². The first-order valence-electron chi connectivity index (χ1n) is 8.27. The maximum atomic E-state index is 12.5. The lowest BCUT2D eigenvalue weighted by Crippen LogP contribution is -2.40. The minimum atomic E-state index is 0.0671. The molecule has 0 aliphatic carbocycles. The first kappa shape index (κ1) is 17.4. The van der Waals surface area contributed by atoms with Crippen LogP contribution < -0.4 is 10.6 Å². The summed E-state index contributed by atoms with van der Waals surface area (Å²) in [6.07, 6.45) is 2.50. The first-order chi connectivity index (χ1) is 11.5. The van der Waals surface area contributed by atoms with Crippen LogP contribution in [-0.4, -0.2) is 23.5 Å². The summed E-state index contributed by atoms with van der Waals surface area (Å²) in [7, 11) is 0. The Hall–Kier alpha value is -1.43. The Morgan fingerprint density at radius 1 is 1.46 bits per heavy atom. The van der Waals surface area contributed by atoms with Crippen molar-refractivity contribution in [2.45, 2.75) is 39.2 Å². The number of anilines is 1. The van der Waals surface area contributed by atoms with E-state index in [-0.39, 0.29) is 11.8 Å². The molecule has 1 aliphatic heterocycles. The van der Waals surface area contributed by atoms with Gasteiger partial charge in [-0.05, 0) is 44.9 Å². The lowest BCUT2D eigenvalue weighted by atomic mass is 9.93. The second-order valence-corrected chi connectivity index (χ2v) is 7.85. The molecule has 2 N–H and O–H groups in total. The maximum absolute atomic E-state index is 12.5. The van der Waals surface area contributed by atoms with Crippen LogP contribution in [0.3, 0.4) is 0 Å². The van der Waals surface area contributed by atoms with Gasteiger partial charge in [0.1, 0.15) is 0 Å². The number of carbonyl (C=O) groups excluding carboxylic acids is 1. The molecule has 1 aromatic carbocycles. The molecule has 6 heteroatoms. The number of aromatic nitrogens is 1. The minimum Gasteiger partial charge on any atom is -0.314 e. The van der Waals surface area contributed by atoms with E-state index in [0.717, 1.165) is 47.0 Å².